The molecule has 1 aromatic carbocycles. The third kappa shape index (κ3) is 6.08. The Balaban J connectivity index is 1.93. The van der Waals surface area contributed by atoms with Gasteiger partial charge in [-0.15, -0.1) is 6.42 Å². The van der Waals surface area contributed by atoms with E-state index in [-0.39, 0.29) is 12.8 Å². The molecule has 0 aliphatic heterocycles. The maximum atomic E-state index is 13.1. The van der Waals surface area contributed by atoms with Gasteiger partial charge < -0.3 is 40.3 Å². The zero-order chi connectivity index (χ0) is 27.8. The number of terminal acetylenes is 1. The van der Waals surface area contributed by atoms with Gasteiger partial charge in [0.1, 0.15) is 29.1 Å². The molecule has 198 valence electrons. The standard InChI is InChI=1S/C24H24N6O8/c1-4-14-19(31)15(21(33)29-17(23(35)37-2)5-12-8-25-10-27-12)7-16(20(14)32)22(34)30-18(24(36)38-3)6-13-9-26-11-28-13/h1,7-11,17-18,31-32H,5-6H2,2-3H3,(H,25,27)(H,26,28)(H,29,33)(H,30,34)/t17-,18+. The molecule has 2 atom stereocenters. The molecule has 0 unspecified atom stereocenters. The van der Waals surface area contributed by atoms with Gasteiger partial charge in [-0.2, -0.15) is 0 Å². The molecule has 0 fully saturated rings. The molecule has 0 saturated heterocycles. The first kappa shape index (κ1) is 27.3. The Bertz CT molecular complexity index is 1270. The SMILES string of the molecule is C#Cc1c(O)c(C(=O)N[C@@H](Cc2cnc[nH]2)C(=O)OC)cc(C(=O)N[C@H](Cc2cnc[nH]2)C(=O)OC)c1O. The smallest absolute Gasteiger partial charge is 0.328 e. The average molecular weight is 524 g/mol. The fourth-order valence-corrected chi connectivity index (χ4v) is 3.52. The van der Waals surface area contributed by atoms with Crippen molar-refractivity contribution >= 4 is 23.8 Å². The summed E-state index contributed by atoms with van der Waals surface area (Å²) >= 11 is 0. The highest BCUT2D eigenvalue weighted by Crippen LogP contribution is 2.34. The molecule has 6 N–H and O–H groups in total. The van der Waals surface area contributed by atoms with E-state index in [4.69, 9.17) is 15.9 Å². The number of H-pyrrole nitrogens is 2. The van der Waals surface area contributed by atoms with Crippen LogP contribution in [0.1, 0.15) is 37.7 Å². The number of phenols is 2. The van der Waals surface area contributed by atoms with Crippen molar-refractivity contribution < 1.29 is 38.9 Å². The van der Waals surface area contributed by atoms with E-state index >= 15 is 0 Å². The Morgan fingerprint density at radius 3 is 1.63 bits per heavy atom. The van der Waals surface area contributed by atoms with Crippen molar-refractivity contribution in [2.45, 2.75) is 24.9 Å². The maximum absolute atomic E-state index is 13.1. The lowest BCUT2D eigenvalue weighted by molar-refractivity contribution is -0.143. The van der Waals surface area contributed by atoms with Crippen LogP contribution in [-0.4, -0.2) is 80.2 Å². The summed E-state index contributed by atoms with van der Waals surface area (Å²) in [5.74, 6) is -3.14. The van der Waals surface area contributed by atoms with Crippen LogP contribution in [0.3, 0.4) is 0 Å². The Morgan fingerprint density at radius 1 is 0.895 bits per heavy atom. The van der Waals surface area contributed by atoms with E-state index in [1.807, 2.05) is 5.92 Å². The molecular weight excluding hydrogens is 500 g/mol. The van der Waals surface area contributed by atoms with Crippen molar-refractivity contribution in [1.82, 2.24) is 30.6 Å². The van der Waals surface area contributed by atoms with Gasteiger partial charge in [-0.05, 0) is 6.07 Å². The molecule has 2 heterocycles. The molecule has 14 heteroatoms. The second kappa shape index (κ2) is 12.1. The summed E-state index contributed by atoms with van der Waals surface area (Å²) in [5.41, 5.74) is -0.559. The molecule has 3 aromatic rings. The second-order valence-electron chi connectivity index (χ2n) is 7.85. The number of ether oxygens (including phenoxy) is 2. The van der Waals surface area contributed by atoms with Gasteiger partial charge in [0, 0.05) is 36.6 Å². The summed E-state index contributed by atoms with van der Waals surface area (Å²) in [4.78, 5) is 64.0. The Kier molecular flexibility index (Phi) is 8.67. The first-order valence-corrected chi connectivity index (χ1v) is 11.0. The summed E-state index contributed by atoms with van der Waals surface area (Å²) < 4.78 is 9.47. The lowest BCUT2D eigenvalue weighted by Gasteiger charge is -2.19. The number of hydrogen-bond donors (Lipinski definition) is 6. The van der Waals surface area contributed by atoms with E-state index < -0.39 is 64.0 Å². The number of aromatic nitrogens is 4. The molecule has 0 aliphatic rings. The highest BCUT2D eigenvalue weighted by Gasteiger charge is 2.30. The molecule has 14 nitrogen and oxygen atoms in total. The molecule has 2 aromatic heterocycles. The highest BCUT2D eigenvalue weighted by atomic mass is 16.5. The van der Waals surface area contributed by atoms with Gasteiger partial charge in [-0.3, -0.25) is 9.59 Å². The van der Waals surface area contributed by atoms with Crippen LogP contribution in [0.25, 0.3) is 0 Å². The van der Waals surface area contributed by atoms with Gasteiger partial charge in [-0.25, -0.2) is 19.6 Å². The molecule has 0 saturated carbocycles. The maximum Gasteiger partial charge on any atom is 0.328 e. The van der Waals surface area contributed by atoms with E-state index in [1.165, 1.54) is 25.0 Å². The van der Waals surface area contributed by atoms with E-state index in [0.717, 1.165) is 20.3 Å². The number of nitrogens with zero attached hydrogens (tertiary/aromatic N) is 2. The van der Waals surface area contributed by atoms with Crippen molar-refractivity contribution in [3.05, 3.63) is 59.2 Å². The second-order valence-corrected chi connectivity index (χ2v) is 7.85. The van der Waals surface area contributed by atoms with Gasteiger partial charge >= 0.3 is 11.9 Å². The van der Waals surface area contributed by atoms with Gasteiger partial charge in [0.25, 0.3) is 11.8 Å². The van der Waals surface area contributed by atoms with Crippen molar-refractivity contribution in [3.63, 3.8) is 0 Å². The molecule has 38 heavy (non-hydrogen) atoms. The molecule has 3 rings (SSSR count). The summed E-state index contributed by atoms with van der Waals surface area (Å²) in [5, 5.41) is 26.0. The number of methoxy groups -OCH3 is 2. The number of nitrogens with one attached hydrogen (secondary N) is 4. The Labute approximate surface area is 215 Å². The number of imidazole rings is 2. The number of hydrogen-bond acceptors (Lipinski definition) is 10. The Hall–Kier alpha value is -5.32. The zero-order valence-corrected chi connectivity index (χ0v) is 20.3. The molecule has 0 spiro atoms. The van der Waals surface area contributed by atoms with Crippen LogP contribution in [0.15, 0.2) is 31.1 Å². The number of amides is 2. The van der Waals surface area contributed by atoms with Crippen molar-refractivity contribution in [2.75, 3.05) is 14.2 Å². The minimum atomic E-state index is -1.20. The highest BCUT2D eigenvalue weighted by molar-refractivity contribution is 6.06. The van der Waals surface area contributed by atoms with E-state index in [9.17, 15) is 29.4 Å². The molecule has 0 radical (unpaired) electrons. The normalized spacial score (nSPS) is 12.0. The third-order valence-electron chi connectivity index (χ3n) is 5.45. The predicted molar refractivity (Wildman–Crippen MR) is 129 cm³/mol. The molecular formula is C24H24N6O8. The fourth-order valence-electron chi connectivity index (χ4n) is 3.52. The van der Waals surface area contributed by atoms with E-state index in [1.54, 1.807) is 0 Å². The lowest BCUT2D eigenvalue weighted by atomic mass is 10.00. The first-order chi connectivity index (χ1) is 18.2. The van der Waals surface area contributed by atoms with Gasteiger partial charge in [0.05, 0.1) is 38.0 Å². The number of carbonyl (C=O) groups is 4. The summed E-state index contributed by atoms with van der Waals surface area (Å²) in [6.07, 6.45) is 11.0. The monoisotopic (exact) mass is 524 g/mol. The van der Waals surface area contributed by atoms with Crippen LogP contribution in [-0.2, 0) is 31.9 Å². The number of benzene rings is 1. The van der Waals surface area contributed by atoms with Gasteiger partial charge in [-0.1, -0.05) is 5.92 Å². The molecule has 0 aliphatic carbocycles. The van der Waals surface area contributed by atoms with Crippen LogP contribution in [0.4, 0.5) is 0 Å². The topological polar surface area (TPSA) is 209 Å². The summed E-state index contributed by atoms with van der Waals surface area (Å²) in [6.45, 7) is 0. The van der Waals surface area contributed by atoms with Crippen LogP contribution < -0.4 is 10.6 Å². The third-order valence-corrected chi connectivity index (χ3v) is 5.45. The van der Waals surface area contributed by atoms with Gasteiger partial charge in [0.2, 0.25) is 0 Å². The van der Waals surface area contributed by atoms with Crippen LogP contribution in [0.5, 0.6) is 11.5 Å². The van der Waals surface area contributed by atoms with Gasteiger partial charge in [0.15, 0.2) is 0 Å². The van der Waals surface area contributed by atoms with Crippen LogP contribution in [0.2, 0.25) is 0 Å². The van der Waals surface area contributed by atoms with E-state index in [2.05, 4.69) is 30.6 Å². The average Bonchev–Trinajstić information content (AvgIpc) is 3.61. The zero-order valence-electron chi connectivity index (χ0n) is 20.3. The molecule has 0 bridgehead atoms. The number of aromatic hydroxyl groups is 2. The Morgan fingerprint density at radius 2 is 1.32 bits per heavy atom. The lowest BCUT2D eigenvalue weighted by Crippen LogP contribution is -2.44. The fraction of sp³-hybridized carbons (Fsp3) is 0.250. The number of rotatable bonds is 10. The number of aromatic amines is 2. The van der Waals surface area contributed by atoms with E-state index in [0.29, 0.717) is 11.4 Å². The van der Waals surface area contributed by atoms with Crippen molar-refractivity contribution in [1.29, 1.82) is 0 Å². The summed E-state index contributed by atoms with van der Waals surface area (Å²) in [7, 11) is 2.26. The van der Waals surface area contributed by atoms with Crippen molar-refractivity contribution in [3.8, 4) is 23.8 Å². The molecule has 2 amide bonds. The number of carbonyl (C=O) groups excluding carboxylic acids is 4. The predicted octanol–water partition coefficient (Wildman–Crippen LogP) is -0.446. The number of esters is 2. The number of phenolic OH excluding ortho intramolecular Hbond substituents is 2. The van der Waals surface area contributed by atoms with Crippen LogP contribution >= 0.6 is 0 Å². The summed E-state index contributed by atoms with van der Waals surface area (Å²) in [6, 6.07) is -1.53. The van der Waals surface area contributed by atoms with Crippen molar-refractivity contribution in [2.24, 2.45) is 0 Å². The first-order valence-electron chi connectivity index (χ1n) is 11.0. The minimum absolute atomic E-state index is 0.0268. The van der Waals surface area contributed by atoms with Crippen LogP contribution in [0, 0.1) is 12.3 Å². The minimum Gasteiger partial charge on any atom is -0.506 e. The quantitative estimate of drug-likeness (QED) is 0.149. The largest absolute Gasteiger partial charge is 0.506 e.